The summed E-state index contributed by atoms with van der Waals surface area (Å²) in [5.74, 6) is -1.01. The van der Waals surface area contributed by atoms with Crippen molar-refractivity contribution >= 4 is 11.9 Å². The Morgan fingerprint density at radius 1 is 1.32 bits per heavy atom. The number of carboxylic acids is 1. The van der Waals surface area contributed by atoms with Crippen molar-refractivity contribution in [3.8, 4) is 0 Å². The van der Waals surface area contributed by atoms with Crippen molar-refractivity contribution in [3.05, 3.63) is 0 Å². The van der Waals surface area contributed by atoms with E-state index in [0.29, 0.717) is 6.42 Å². The molecule has 5 heteroatoms. The average molecular weight is 270 g/mol. The van der Waals surface area contributed by atoms with Crippen LogP contribution in [0.5, 0.6) is 0 Å². The Kier molecular flexibility index (Phi) is 6.28. The third kappa shape index (κ3) is 4.20. The molecule has 0 unspecified atom stereocenters. The first-order valence-corrected chi connectivity index (χ1v) is 7.30. The highest BCUT2D eigenvalue weighted by Crippen LogP contribution is 2.32. The lowest BCUT2D eigenvalue weighted by Gasteiger charge is -2.36. The monoisotopic (exact) mass is 270 g/mol. The molecule has 0 aliphatic carbocycles. The van der Waals surface area contributed by atoms with E-state index in [1.165, 1.54) is 0 Å². The first-order valence-electron chi connectivity index (χ1n) is 7.30. The molecule has 0 aromatic carbocycles. The van der Waals surface area contributed by atoms with Crippen LogP contribution in [0.15, 0.2) is 0 Å². The fourth-order valence-corrected chi connectivity index (χ4v) is 2.62. The largest absolute Gasteiger partial charge is 0.480 e. The van der Waals surface area contributed by atoms with Crippen molar-refractivity contribution in [1.29, 1.82) is 0 Å². The van der Waals surface area contributed by atoms with E-state index in [2.05, 4.69) is 10.6 Å². The van der Waals surface area contributed by atoms with E-state index in [-0.39, 0.29) is 11.3 Å². The second kappa shape index (κ2) is 7.48. The van der Waals surface area contributed by atoms with E-state index in [9.17, 15) is 14.7 Å². The molecular weight excluding hydrogens is 244 g/mol. The number of carbonyl (C=O) groups excluding carboxylic acids is 1. The lowest BCUT2D eigenvalue weighted by atomic mass is 9.75. The number of carboxylic acid groups (broad SMARTS) is 1. The Labute approximate surface area is 115 Å². The highest BCUT2D eigenvalue weighted by atomic mass is 16.4. The van der Waals surface area contributed by atoms with Gasteiger partial charge >= 0.3 is 5.97 Å². The van der Waals surface area contributed by atoms with Crippen molar-refractivity contribution in [2.75, 3.05) is 13.1 Å². The summed E-state index contributed by atoms with van der Waals surface area (Å²) in [7, 11) is 0. The van der Waals surface area contributed by atoms with Crippen LogP contribution in [-0.2, 0) is 9.59 Å². The van der Waals surface area contributed by atoms with Gasteiger partial charge in [-0.15, -0.1) is 0 Å². The molecule has 3 N–H and O–H groups in total. The minimum absolute atomic E-state index is 0.0833. The van der Waals surface area contributed by atoms with E-state index in [1.54, 1.807) is 0 Å². The fraction of sp³-hybridized carbons (Fsp3) is 0.857. The van der Waals surface area contributed by atoms with Crippen molar-refractivity contribution < 1.29 is 14.7 Å². The molecule has 0 aromatic heterocycles. The average Bonchev–Trinajstić information content (AvgIpc) is 2.43. The van der Waals surface area contributed by atoms with Crippen LogP contribution in [0.4, 0.5) is 0 Å². The molecule has 0 spiro atoms. The number of hydrogen-bond acceptors (Lipinski definition) is 3. The molecule has 1 aliphatic rings. The van der Waals surface area contributed by atoms with E-state index < -0.39 is 12.0 Å². The lowest BCUT2D eigenvalue weighted by molar-refractivity contribution is -0.144. The van der Waals surface area contributed by atoms with Crippen LogP contribution in [0.25, 0.3) is 0 Å². The summed E-state index contributed by atoms with van der Waals surface area (Å²) >= 11 is 0. The molecule has 1 atom stereocenters. The SMILES string of the molecule is CCCC[C@H](NC(=O)C1(CC)CCNCC1)C(=O)O. The molecule has 0 saturated carbocycles. The van der Waals surface area contributed by atoms with Crippen LogP contribution in [0.2, 0.25) is 0 Å². The van der Waals surface area contributed by atoms with Crippen molar-refractivity contribution in [2.45, 2.75) is 58.4 Å². The third-order valence-corrected chi connectivity index (χ3v) is 4.17. The number of aliphatic carboxylic acids is 1. The standard InChI is InChI=1S/C14H26N2O3/c1-3-5-6-11(12(17)18)16-13(19)14(4-2)7-9-15-10-8-14/h11,15H,3-10H2,1-2H3,(H,16,19)(H,17,18)/t11-/m0/s1. The minimum atomic E-state index is -0.929. The number of piperidine rings is 1. The van der Waals surface area contributed by atoms with Crippen molar-refractivity contribution in [2.24, 2.45) is 5.41 Å². The molecule has 1 fully saturated rings. The number of hydrogen-bond donors (Lipinski definition) is 3. The van der Waals surface area contributed by atoms with E-state index in [0.717, 1.165) is 45.2 Å². The van der Waals surface area contributed by atoms with Gasteiger partial charge in [0.15, 0.2) is 0 Å². The molecule has 1 amide bonds. The van der Waals surface area contributed by atoms with E-state index >= 15 is 0 Å². The summed E-state index contributed by atoms with van der Waals surface area (Å²) in [5.41, 5.74) is -0.384. The van der Waals surface area contributed by atoms with Crippen LogP contribution in [0.1, 0.15) is 52.4 Å². The molecule has 110 valence electrons. The van der Waals surface area contributed by atoms with Gasteiger partial charge in [-0.1, -0.05) is 26.7 Å². The highest BCUT2D eigenvalue weighted by Gasteiger charge is 2.39. The molecule has 0 bridgehead atoms. The molecule has 0 radical (unpaired) electrons. The van der Waals surface area contributed by atoms with Gasteiger partial charge in [0.2, 0.25) is 5.91 Å². The van der Waals surface area contributed by atoms with E-state index in [4.69, 9.17) is 0 Å². The molecule has 1 rings (SSSR count). The first kappa shape index (κ1) is 16.0. The Balaban J connectivity index is 2.65. The van der Waals surface area contributed by atoms with Crippen molar-refractivity contribution in [1.82, 2.24) is 10.6 Å². The Hall–Kier alpha value is -1.10. The number of amides is 1. The van der Waals surface area contributed by atoms with Crippen LogP contribution in [0.3, 0.4) is 0 Å². The van der Waals surface area contributed by atoms with Crippen LogP contribution in [0, 0.1) is 5.41 Å². The topological polar surface area (TPSA) is 78.4 Å². The summed E-state index contributed by atoms with van der Waals surface area (Å²) in [6.45, 7) is 5.68. The maximum absolute atomic E-state index is 12.4. The van der Waals surface area contributed by atoms with Crippen LogP contribution < -0.4 is 10.6 Å². The minimum Gasteiger partial charge on any atom is -0.480 e. The molecule has 0 aromatic rings. The summed E-state index contributed by atoms with van der Waals surface area (Å²) in [5, 5.41) is 15.2. The van der Waals surface area contributed by atoms with E-state index in [1.807, 2.05) is 13.8 Å². The predicted molar refractivity (Wildman–Crippen MR) is 73.9 cm³/mol. The summed E-state index contributed by atoms with van der Waals surface area (Å²) in [6.07, 6.45) is 4.60. The zero-order valence-electron chi connectivity index (χ0n) is 12.0. The molecule has 1 heterocycles. The van der Waals surface area contributed by atoms with Gasteiger partial charge in [-0.05, 0) is 38.8 Å². The zero-order valence-corrected chi connectivity index (χ0v) is 12.0. The number of unbranched alkanes of at least 4 members (excludes halogenated alkanes) is 1. The lowest BCUT2D eigenvalue weighted by Crippen LogP contribution is -2.51. The quantitative estimate of drug-likeness (QED) is 0.655. The van der Waals surface area contributed by atoms with Gasteiger partial charge < -0.3 is 15.7 Å². The third-order valence-electron chi connectivity index (χ3n) is 4.17. The number of nitrogens with one attached hydrogen (secondary N) is 2. The van der Waals surface area contributed by atoms with Gasteiger partial charge in [0.05, 0.1) is 5.41 Å². The number of carbonyl (C=O) groups is 2. The van der Waals surface area contributed by atoms with Crippen molar-refractivity contribution in [3.63, 3.8) is 0 Å². The Morgan fingerprint density at radius 2 is 1.95 bits per heavy atom. The predicted octanol–water partition coefficient (Wildman–Crippen LogP) is 1.53. The normalized spacial score (nSPS) is 19.7. The second-order valence-electron chi connectivity index (χ2n) is 5.39. The maximum atomic E-state index is 12.4. The number of rotatable bonds is 7. The van der Waals surface area contributed by atoms with Gasteiger partial charge in [-0.2, -0.15) is 0 Å². The summed E-state index contributed by atoms with van der Waals surface area (Å²) in [4.78, 5) is 23.6. The fourth-order valence-electron chi connectivity index (χ4n) is 2.62. The van der Waals surface area contributed by atoms with Crippen LogP contribution in [-0.4, -0.2) is 36.1 Å². The summed E-state index contributed by atoms with van der Waals surface area (Å²) < 4.78 is 0. The molecule has 1 saturated heterocycles. The molecule has 5 nitrogen and oxygen atoms in total. The first-order chi connectivity index (χ1) is 9.05. The molecular formula is C14H26N2O3. The van der Waals surface area contributed by atoms with Gasteiger partial charge in [0.25, 0.3) is 0 Å². The highest BCUT2D eigenvalue weighted by molar-refractivity contribution is 5.87. The maximum Gasteiger partial charge on any atom is 0.326 e. The molecule has 1 aliphatic heterocycles. The Morgan fingerprint density at radius 3 is 2.42 bits per heavy atom. The van der Waals surface area contributed by atoms with Gasteiger partial charge in [0, 0.05) is 0 Å². The van der Waals surface area contributed by atoms with Gasteiger partial charge in [0.1, 0.15) is 6.04 Å². The van der Waals surface area contributed by atoms with Gasteiger partial charge in [-0.25, -0.2) is 4.79 Å². The Bertz CT molecular complexity index is 312. The smallest absolute Gasteiger partial charge is 0.326 e. The van der Waals surface area contributed by atoms with Crippen LogP contribution >= 0.6 is 0 Å². The second-order valence-corrected chi connectivity index (χ2v) is 5.39. The van der Waals surface area contributed by atoms with Gasteiger partial charge in [-0.3, -0.25) is 4.79 Å². The summed E-state index contributed by atoms with van der Waals surface area (Å²) in [6, 6.07) is -0.745. The zero-order chi connectivity index (χ0) is 14.3. The molecule has 19 heavy (non-hydrogen) atoms.